The Balaban J connectivity index is 0.00000300. The van der Waals surface area contributed by atoms with Crippen LogP contribution in [0.3, 0.4) is 0 Å². The molecule has 0 aliphatic carbocycles. The van der Waals surface area contributed by atoms with E-state index in [2.05, 4.69) is 196 Å². The average Bonchev–Trinajstić information content (AvgIpc) is 3.91. The van der Waals surface area contributed by atoms with Gasteiger partial charge in [-0.1, -0.05) is 54.6 Å². The van der Waals surface area contributed by atoms with Gasteiger partial charge < -0.3 is 29.4 Å². The van der Waals surface area contributed by atoms with Crippen LogP contribution in [0.2, 0.25) is 0 Å². The van der Waals surface area contributed by atoms with Crippen LogP contribution < -0.4 is 0 Å². The summed E-state index contributed by atoms with van der Waals surface area (Å²) in [5.74, 6) is -0.158. The van der Waals surface area contributed by atoms with E-state index in [-0.39, 0.29) is 44.5 Å². The largest absolute Gasteiger partial charge is 0.490 e. The molecule has 0 N–H and O–H groups in total. The topological polar surface area (TPSA) is 19.4 Å². The van der Waals surface area contributed by atoms with Crippen molar-refractivity contribution in [1.82, 2.24) is 29.4 Å². The zero-order chi connectivity index (χ0) is 31.8. The molecule has 1 radical (unpaired) electrons. The molecule has 6 aromatic rings. The third-order valence-electron chi connectivity index (χ3n) is 11.0. The number of rotatable bonds is 0. The Morgan fingerprint density at radius 1 is 0.400 bits per heavy atom. The molecule has 245 valence electrons. The minimum absolute atomic E-state index is 0. The van der Waals surface area contributed by atoms with Crippen molar-refractivity contribution in [2.75, 3.05) is 0 Å². The van der Waals surface area contributed by atoms with Gasteiger partial charge in [0.25, 0.3) is 0 Å². The van der Waals surface area contributed by atoms with Gasteiger partial charge in [-0.25, -0.2) is 0 Å². The van der Waals surface area contributed by atoms with Gasteiger partial charge in [0.15, 0.2) is 0 Å². The maximum absolute atomic E-state index is 4.08. The first kappa shape index (κ1) is 28.6. The van der Waals surface area contributed by atoms with E-state index in [1.165, 1.54) is 32.3 Å². The number of hydrogen-bond donors (Lipinski definition) is 0. The summed E-state index contributed by atoms with van der Waals surface area (Å²) in [6.07, 6.45) is 12.7. The third kappa shape index (κ3) is 3.87. The van der Waals surface area contributed by atoms with Gasteiger partial charge in [0.1, 0.15) is 0 Å². The maximum Gasteiger partial charge on any atom is 0.0522 e. The molecular weight excluding hydrogens is 793 g/mol. The Morgan fingerprint density at radius 2 is 0.680 bits per heavy atom. The minimum Gasteiger partial charge on any atom is -0.490 e. The fourth-order valence-electron chi connectivity index (χ4n) is 8.84. The monoisotopic (exact) mass is 821 g/mol. The molecule has 7 aliphatic heterocycles. The van der Waals surface area contributed by atoms with E-state index >= 15 is 0 Å². The zero-order valence-electron chi connectivity index (χ0n) is 26.7. The molecule has 6 nitrogen and oxygen atoms in total. The Kier molecular flexibility index (Phi) is 5.94. The van der Waals surface area contributed by atoms with Crippen molar-refractivity contribution >= 4 is 32.3 Å². The predicted molar refractivity (Wildman–Crippen MR) is 189 cm³/mol. The van der Waals surface area contributed by atoms with Crippen LogP contribution in [0.15, 0.2) is 128 Å². The van der Waals surface area contributed by atoms with Crippen LogP contribution in [-0.2, 0) is 20.1 Å². The Bertz CT molecular complexity index is 2180. The summed E-state index contributed by atoms with van der Waals surface area (Å²) < 4.78 is 0. The standard InChI is InChI=1S/C43H28N6.Ir/c1-4-10-34-28(7-1)19-31-22-37(34)41-44-13-15-46(25-44)42-38-23-32(20-29-8-2-5-11-35(29)38)40(31)33-21-30-9-3-6-12-36(30)39(24-33)43(47-16-14-45(41)26-47)49-18-17-48(42)27-49;/h1-21,25-27,40-43H;/q-6;. The Morgan fingerprint density at radius 3 is 0.980 bits per heavy atom. The summed E-state index contributed by atoms with van der Waals surface area (Å²) in [5.41, 5.74) is 6.75. The van der Waals surface area contributed by atoms with Gasteiger partial charge in [0.05, 0.1) is 18.5 Å². The van der Waals surface area contributed by atoms with Gasteiger partial charge in [-0.05, 0) is 43.1 Å². The molecule has 13 rings (SSSR count). The molecule has 0 saturated carbocycles. The van der Waals surface area contributed by atoms with Crippen LogP contribution in [-0.4, -0.2) is 29.4 Å². The van der Waals surface area contributed by atoms with Crippen LogP contribution in [0.25, 0.3) is 32.3 Å². The summed E-state index contributed by atoms with van der Waals surface area (Å²) >= 11 is 0. The molecule has 0 atom stereocenters. The van der Waals surface area contributed by atoms with Crippen molar-refractivity contribution in [2.45, 2.75) is 24.4 Å². The molecular formula is C43H28IrN6-6. The maximum atomic E-state index is 4.08. The van der Waals surface area contributed by atoms with Crippen molar-refractivity contribution in [1.29, 1.82) is 0 Å². The number of hydrogen-bond acceptors (Lipinski definition) is 6. The van der Waals surface area contributed by atoms with Crippen LogP contribution in [0.4, 0.5) is 0 Å². The summed E-state index contributed by atoms with van der Waals surface area (Å²) in [7, 11) is 0. The average molecular weight is 821 g/mol. The number of benzene rings is 6. The SMILES string of the molecule is [Ir].[c-]1c2cc3ccccc3c1C1N3C=CN([CH-]3)C3c4[c-]c(cc5ccccc45)C2c2[c-]c(c4ccccc4c2)C(N2C=CN1[CH-]2)N1C=CN3[CH-]1. The fourth-order valence-corrected chi connectivity index (χ4v) is 8.84. The molecule has 0 aromatic heterocycles. The zero-order valence-corrected chi connectivity index (χ0v) is 29.1. The molecule has 7 heterocycles. The van der Waals surface area contributed by atoms with Crippen LogP contribution in [0.1, 0.15) is 57.8 Å². The molecule has 0 unspecified atom stereocenters. The second kappa shape index (κ2) is 10.4. The smallest absolute Gasteiger partial charge is 0.0522 e. The van der Waals surface area contributed by atoms with Crippen molar-refractivity contribution in [2.24, 2.45) is 0 Å². The molecule has 6 aromatic carbocycles. The van der Waals surface area contributed by atoms with Crippen molar-refractivity contribution in [3.8, 4) is 0 Å². The second-order valence-electron chi connectivity index (χ2n) is 13.7. The van der Waals surface area contributed by atoms with E-state index in [9.17, 15) is 0 Å². The van der Waals surface area contributed by atoms with Crippen molar-refractivity contribution < 1.29 is 20.1 Å². The molecule has 1 fully saturated rings. The molecule has 0 spiro atoms. The summed E-state index contributed by atoms with van der Waals surface area (Å²) in [4.78, 5) is 14.0. The first-order chi connectivity index (χ1) is 24.2. The molecule has 7 aliphatic rings. The van der Waals surface area contributed by atoms with Gasteiger partial charge >= 0.3 is 0 Å². The quantitative estimate of drug-likeness (QED) is 0.143. The second-order valence-corrected chi connectivity index (χ2v) is 13.7. The predicted octanol–water partition coefficient (Wildman–Crippen LogP) is 8.39. The summed E-state index contributed by atoms with van der Waals surface area (Å²) in [6.45, 7) is 6.76. The first-order valence-corrected chi connectivity index (χ1v) is 16.8. The van der Waals surface area contributed by atoms with Gasteiger partial charge in [0.2, 0.25) is 0 Å². The summed E-state index contributed by atoms with van der Waals surface area (Å²) in [5, 5.41) is 7.17. The van der Waals surface area contributed by atoms with E-state index in [0.717, 1.165) is 33.4 Å². The minimum atomic E-state index is -0.176. The van der Waals surface area contributed by atoms with E-state index in [4.69, 9.17) is 0 Å². The third-order valence-corrected chi connectivity index (χ3v) is 11.0. The molecule has 50 heavy (non-hydrogen) atoms. The van der Waals surface area contributed by atoms with E-state index < -0.39 is 0 Å². The van der Waals surface area contributed by atoms with E-state index in [1.807, 2.05) is 0 Å². The van der Waals surface area contributed by atoms with E-state index in [0.29, 0.717) is 0 Å². The van der Waals surface area contributed by atoms with Crippen molar-refractivity contribution in [3.63, 3.8) is 0 Å². The van der Waals surface area contributed by atoms with Gasteiger partial charge in [-0.3, -0.25) is 0 Å². The van der Waals surface area contributed by atoms with E-state index in [1.54, 1.807) is 0 Å². The number of nitrogens with zero attached hydrogens (tertiary/aromatic N) is 6. The number of fused-ring (bicyclic) bond motifs is 3. The normalized spacial score (nSPS) is 23.5. The van der Waals surface area contributed by atoms with Crippen LogP contribution in [0, 0.1) is 38.2 Å². The molecule has 7 heteroatoms. The Labute approximate surface area is 304 Å². The van der Waals surface area contributed by atoms with Crippen molar-refractivity contribution in [3.05, 3.63) is 200 Å². The molecule has 1 saturated heterocycles. The first-order valence-electron chi connectivity index (χ1n) is 16.8. The fraction of sp³-hybridized carbons (Fsp3) is 0.0930. The molecule has 16 bridgehead atoms. The Hall–Kier alpha value is -5.23. The van der Waals surface area contributed by atoms with Crippen LogP contribution >= 0.6 is 0 Å². The van der Waals surface area contributed by atoms with Gasteiger partial charge in [-0.15, -0.1) is 67.2 Å². The van der Waals surface area contributed by atoms with Gasteiger partial charge in [-0.2, -0.15) is 73.1 Å². The molecule has 0 amide bonds. The summed E-state index contributed by atoms with van der Waals surface area (Å²) in [6, 6.07) is 45.6. The van der Waals surface area contributed by atoms with Crippen LogP contribution in [0.5, 0.6) is 0 Å². The van der Waals surface area contributed by atoms with Gasteiger partial charge in [0, 0.05) is 20.1 Å².